The molecule has 22 heavy (non-hydrogen) atoms. The molecule has 0 aliphatic heterocycles. The van der Waals surface area contributed by atoms with E-state index in [2.05, 4.69) is 10.3 Å². The number of nitrogens with one attached hydrogen (secondary N) is 1. The number of hydrogen-bond donors (Lipinski definition) is 2. The van der Waals surface area contributed by atoms with Crippen LogP contribution in [0.25, 0.3) is 10.4 Å². The molecule has 0 amide bonds. The molecule has 3 N–H and O–H groups in total. The lowest BCUT2D eigenvalue weighted by molar-refractivity contribution is -0.137. The van der Waals surface area contributed by atoms with Crippen molar-refractivity contribution >= 4 is 22.8 Å². The lowest BCUT2D eigenvalue weighted by atomic mass is 10.0. The molecule has 2 rings (SSSR count). The van der Waals surface area contributed by atoms with E-state index in [4.69, 9.17) is 5.73 Å². The third-order valence-corrected chi connectivity index (χ3v) is 3.92. The van der Waals surface area contributed by atoms with Gasteiger partial charge in [0.15, 0.2) is 11.4 Å². The maximum absolute atomic E-state index is 13.2. The molecule has 0 atom stereocenters. The second kappa shape index (κ2) is 6.89. The van der Waals surface area contributed by atoms with Gasteiger partial charge in [0.05, 0.1) is 10.4 Å². The van der Waals surface area contributed by atoms with E-state index in [1.807, 2.05) is 0 Å². The van der Waals surface area contributed by atoms with E-state index >= 15 is 0 Å². The molecule has 0 spiro atoms. The number of alkyl halides is 3. The average Bonchev–Trinajstić information content (AvgIpc) is 2.94. The predicted octanol–water partition coefficient (Wildman–Crippen LogP) is 3.40. The summed E-state index contributed by atoms with van der Waals surface area (Å²) >= 11 is 1.11. The van der Waals surface area contributed by atoms with Gasteiger partial charge in [0.1, 0.15) is 0 Å². The van der Waals surface area contributed by atoms with Gasteiger partial charge >= 0.3 is 6.18 Å². The molecule has 2 aromatic rings. The van der Waals surface area contributed by atoms with Crippen LogP contribution in [-0.4, -0.2) is 24.4 Å². The summed E-state index contributed by atoms with van der Waals surface area (Å²) in [5.41, 5.74) is 4.03. The maximum atomic E-state index is 13.2. The summed E-state index contributed by atoms with van der Waals surface area (Å²) in [6.07, 6.45) is -2.28. The Balaban J connectivity index is 2.38. The second-order valence-electron chi connectivity index (χ2n) is 4.48. The van der Waals surface area contributed by atoms with E-state index in [-0.39, 0.29) is 17.4 Å². The Morgan fingerprint density at radius 2 is 2.14 bits per heavy atom. The molecule has 1 aromatic heterocycles. The molecule has 1 aromatic carbocycles. The van der Waals surface area contributed by atoms with E-state index in [9.17, 15) is 18.0 Å². The Labute approximate surface area is 129 Å². The van der Waals surface area contributed by atoms with Gasteiger partial charge in [0, 0.05) is 23.9 Å². The zero-order valence-electron chi connectivity index (χ0n) is 11.5. The number of benzene rings is 1. The van der Waals surface area contributed by atoms with Crippen LogP contribution in [0.15, 0.2) is 24.4 Å². The summed E-state index contributed by atoms with van der Waals surface area (Å²) in [6, 6.07) is 3.92. The number of nitrogens with zero attached hydrogens (tertiary/aromatic N) is 1. The Bertz CT molecular complexity index is 655. The summed E-state index contributed by atoms with van der Waals surface area (Å²) < 4.78 is 39.7. The van der Waals surface area contributed by atoms with Crippen LogP contribution in [-0.2, 0) is 6.18 Å². The van der Waals surface area contributed by atoms with Gasteiger partial charge in [-0.2, -0.15) is 13.2 Å². The molecule has 118 valence electrons. The van der Waals surface area contributed by atoms with Crippen LogP contribution in [0.5, 0.6) is 0 Å². The topological polar surface area (TPSA) is 68.0 Å². The van der Waals surface area contributed by atoms with Crippen LogP contribution in [0, 0.1) is 0 Å². The van der Waals surface area contributed by atoms with Crippen LogP contribution < -0.4 is 11.1 Å². The monoisotopic (exact) mass is 329 g/mol. The lowest BCUT2D eigenvalue weighted by Crippen LogP contribution is -2.10. The number of carbonyl (C=O) groups is 1. The number of rotatable bonds is 6. The minimum absolute atomic E-state index is 0.0403. The van der Waals surface area contributed by atoms with Crippen molar-refractivity contribution in [1.82, 2.24) is 4.98 Å². The number of anilines is 1. The molecule has 8 heteroatoms. The largest absolute Gasteiger partial charge is 0.417 e. The van der Waals surface area contributed by atoms with Crippen molar-refractivity contribution in [2.75, 3.05) is 18.4 Å². The van der Waals surface area contributed by atoms with E-state index in [1.165, 1.54) is 18.3 Å². The van der Waals surface area contributed by atoms with Gasteiger partial charge in [-0.15, -0.1) is 0 Å². The van der Waals surface area contributed by atoms with Crippen LogP contribution >= 0.6 is 11.3 Å². The smallest absolute Gasteiger partial charge is 0.361 e. The van der Waals surface area contributed by atoms with E-state index in [0.717, 1.165) is 23.8 Å². The number of nitrogens with two attached hydrogens (primary N) is 1. The number of carbonyl (C=O) groups excluding carboxylic acids is 1. The third kappa shape index (κ3) is 3.63. The quantitative estimate of drug-likeness (QED) is 0.629. The minimum Gasteiger partial charge on any atom is -0.361 e. The van der Waals surface area contributed by atoms with Crippen LogP contribution in [0.4, 0.5) is 18.3 Å². The fourth-order valence-corrected chi connectivity index (χ4v) is 2.84. The lowest BCUT2D eigenvalue weighted by Gasteiger charge is -2.13. The van der Waals surface area contributed by atoms with Crippen molar-refractivity contribution in [2.45, 2.75) is 12.6 Å². The van der Waals surface area contributed by atoms with Crippen molar-refractivity contribution in [3.05, 3.63) is 35.5 Å². The maximum Gasteiger partial charge on any atom is 0.417 e. The fourth-order valence-electron chi connectivity index (χ4n) is 1.97. The number of thiazole rings is 1. The minimum atomic E-state index is -4.61. The Morgan fingerprint density at radius 1 is 1.36 bits per heavy atom. The van der Waals surface area contributed by atoms with Crippen LogP contribution in [0.2, 0.25) is 0 Å². The summed E-state index contributed by atoms with van der Waals surface area (Å²) in [5.74, 6) is 0. The van der Waals surface area contributed by atoms with E-state index in [0.29, 0.717) is 23.1 Å². The first-order valence-corrected chi connectivity index (χ1v) is 7.34. The first-order valence-electron chi connectivity index (χ1n) is 6.53. The molecule has 0 saturated heterocycles. The predicted molar refractivity (Wildman–Crippen MR) is 80.1 cm³/mol. The third-order valence-electron chi connectivity index (χ3n) is 2.94. The molecule has 0 saturated carbocycles. The molecule has 1 heterocycles. The molecule has 0 radical (unpaired) electrons. The van der Waals surface area contributed by atoms with Crippen molar-refractivity contribution < 1.29 is 18.0 Å². The number of hydrogen-bond acceptors (Lipinski definition) is 5. The molecular formula is C14H14F3N3OS. The Morgan fingerprint density at radius 3 is 2.77 bits per heavy atom. The fraction of sp³-hybridized carbons (Fsp3) is 0.286. The molecule has 4 nitrogen and oxygen atoms in total. The summed E-state index contributed by atoms with van der Waals surface area (Å²) in [4.78, 5) is 15.3. The molecule has 0 bridgehead atoms. The van der Waals surface area contributed by atoms with Crippen LogP contribution in [0.1, 0.15) is 22.3 Å². The van der Waals surface area contributed by atoms with Gasteiger partial charge < -0.3 is 11.1 Å². The van der Waals surface area contributed by atoms with Gasteiger partial charge in [-0.3, -0.25) is 4.79 Å². The zero-order chi connectivity index (χ0) is 16.2. The van der Waals surface area contributed by atoms with E-state index in [1.54, 1.807) is 0 Å². The van der Waals surface area contributed by atoms with Crippen molar-refractivity contribution in [2.24, 2.45) is 5.73 Å². The number of halogens is 3. The molecule has 0 unspecified atom stereocenters. The molecular weight excluding hydrogens is 315 g/mol. The highest BCUT2D eigenvalue weighted by Gasteiger charge is 2.36. The standard InChI is InChI=1S/C14H14F3N3OS/c15-14(16,17)12-9(8-21)3-1-4-10(12)11-7-20-13(22-11)19-6-2-5-18/h1,3-4,7-8H,2,5-6,18H2,(H,19,20). The molecule has 0 aliphatic rings. The molecule has 0 aliphatic carbocycles. The highest BCUT2D eigenvalue weighted by Crippen LogP contribution is 2.41. The van der Waals surface area contributed by atoms with Gasteiger partial charge in [0.25, 0.3) is 0 Å². The normalized spacial score (nSPS) is 11.5. The highest BCUT2D eigenvalue weighted by atomic mass is 32.1. The van der Waals surface area contributed by atoms with Gasteiger partial charge in [-0.25, -0.2) is 4.98 Å². The Hall–Kier alpha value is -1.93. The summed E-state index contributed by atoms with van der Waals surface area (Å²) in [6.45, 7) is 1.12. The van der Waals surface area contributed by atoms with E-state index < -0.39 is 11.7 Å². The average molecular weight is 329 g/mol. The second-order valence-corrected chi connectivity index (χ2v) is 5.51. The number of aromatic nitrogens is 1. The van der Waals surface area contributed by atoms with Crippen LogP contribution in [0.3, 0.4) is 0 Å². The zero-order valence-corrected chi connectivity index (χ0v) is 12.3. The van der Waals surface area contributed by atoms with Crippen molar-refractivity contribution in [3.8, 4) is 10.4 Å². The first kappa shape index (κ1) is 16.4. The van der Waals surface area contributed by atoms with Gasteiger partial charge in [0.2, 0.25) is 0 Å². The van der Waals surface area contributed by atoms with Crippen molar-refractivity contribution in [3.63, 3.8) is 0 Å². The SMILES string of the molecule is NCCCNc1ncc(-c2cccc(C=O)c2C(F)(F)F)s1. The highest BCUT2D eigenvalue weighted by molar-refractivity contribution is 7.18. The number of aldehydes is 1. The molecule has 0 fully saturated rings. The van der Waals surface area contributed by atoms with Gasteiger partial charge in [-0.05, 0) is 13.0 Å². The van der Waals surface area contributed by atoms with Crippen molar-refractivity contribution in [1.29, 1.82) is 0 Å². The summed E-state index contributed by atoms with van der Waals surface area (Å²) in [5, 5.41) is 3.52. The summed E-state index contributed by atoms with van der Waals surface area (Å²) in [7, 11) is 0. The Kier molecular flexibility index (Phi) is 5.15. The first-order chi connectivity index (χ1) is 10.5. The van der Waals surface area contributed by atoms with Gasteiger partial charge in [-0.1, -0.05) is 29.5 Å².